The maximum Gasteiger partial charge on any atom is 0.335 e. The minimum atomic E-state index is -1.13. The number of carboxylic acid groups (broad SMARTS) is 1. The van der Waals surface area contributed by atoms with Gasteiger partial charge in [0.15, 0.2) is 0 Å². The maximum atomic E-state index is 10.8. The summed E-state index contributed by atoms with van der Waals surface area (Å²) in [6, 6.07) is 2.59. The standard InChI is InChI=1S/C10H6ClNO5/c11-7-2-5-1-6(10(13)14)4-17-9(5)8(3-7)12(15)16/h1-3H,4H2,(H,13,14). The van der Waals surface area contributed by atoms with Crippen molar-refractivity contribution in [3.8, 4) is 5.75 Å². The van der Waals surface area contributed by atoms with Crippen molar-refractivity contribution in [1.29, 1.82) is 0 Å². The molecule has 7 heteroatoms. The van der Waals surface area contributed by atoms with Gasteiger partial charge in [0, 0.05) is 16.7 Å². The molecule has 1 heterocycles. The Kier molecular flexibility index (Phi) is 2.72. The summed E-state index contributed by atoms with van der Waals surface area (Å²) in [5.41, 5.74) is 0.0510. The molecule has 17 heavy (non-hydrogen) atoms. The first kappa shape index (κ1) is 11.4. The van der Waals surface area contributed by atoms with Gasteiger partial charge < -0.3 is 9.84 Å². The number of rotatable bonds is 2. The van der Waals surface area contributed by atoms with Crippen LogP contribution in [0, 0.1) is 10.1 Å². The average molecular weight is 256 g/mol. The summed E-state index contributed by atoms with van der Waals surface area (Å²) in [5.74, 6) is -1.08. The number of hydrogen-bond acceptors (Lipinski definition) is 4. The summed E-state index contributed by atoms with van der Waals surface area (Å²) in [4.78, 5) is 20.9. The molecule has 1 aromatic rings. The molecular weight excluding hydrogens is 250 g/mol. The molecule has 0 aromatic heterocycles. The first-order valence-electron chi connectivity index (χ1n) is 4.53. The van der Waals surface area contributed by atoms with Crippen molar-refractivity contribution >= 4 is 29.3 Å². The Morgan fingerprint density at radius 1 is 1.53 bits per heavy atom. The van der Waals surface area contributed by atoms with Crippen molar-refractivity contribution < 1.29 is 19.6 Å². The summed E-state index contributed by atoms with van der Waals surface area (Å²) in [6.07, 6.45) is 1.32. The van der Waals surface area contributed by atoms with Crippen molar-refractivity contribution in [3.05, 3.63) is 38.4 Å². The summed E-state index contributed by atoms with van der Waals surface area (Å²) >= 11 is 5.72. The van der Waals surface area contributed by atoms with Crippen LogP contribution in [0.3, 0.4) is 0 Å². The van der Waals surface area contributed by atoms with E-state index in [2.05, 4.69) is 0 Å². The quantitative estimate of drug-likeness (QED) is 0.646. The summed E-state index contributed by atoms with van der Waals surface area (Å²) < 4.78 is 5.10. The predicted molar refractivity (Wildman–Crippen MR) is 59.2 cm³/mol. The number of nitro benzene ring substituents is 1. The van der Waals surface area contributed by atoms with E-state index in [9.17, 15) is 14.9 Å². The number of carbonyl (C=O) groups is 1. The zero-order chi connectivity index (χ0) is 12.6. The van der Waals surface area contributed by atoms with E-state index in [1.807, 2.05) is 0 Å². The summed E-state index contributed by atoms with van der Waals surface area (Å²) in [5, 5.41) is 19.7. The van der Waals surface area contributed by atoms with E-state index in [0.29, 0.717) is 5.56 Å². The fourth-order valence-corrected chi connectivity index (χ4v) is 1.72. The highest BCUT2D eigenvalue weighted by Crippen LogP contribution is 2.38. The van der Waals surface area contributed by atoms with Crippen LogP contribution in [0.15, 0.2) is 17.7 Å². The van der Waals surface area contributed by atoms with Crippen LogP contribution in [0.5, 0.6) is 5.75 Å². The van der Waals surface area contributed by atoms with Gasteiger partial charge in [-0.3, -0.25) is 10.1 Å². The zero-order valence-electron chi connectivity index (χ0n) is 8.34. The molecule has 0 saturated heterocycles. The molecule has 6 nitrogen and oxygen atoms in total. The molecule has 1 aromatic carbocycles. The predicted octanol–water partition coefficient (Wildman–Crippen LogP) is 2.11. The molecule has 1 aliphatic heterocycles. The number of halogens is 1. The molecular formula is C10H6ClNO5. The number of nitro groups is 1. The van der Waals surface area contributed by atoms with Crippen molar-refractivity contribution in [2.24, 2.45) is 0 Å². The summed E-state index contributed by atoms with van der Waals surface area (Å²) in [7, 11) is 0. The van der Waals surface area contributed by atoms with Crippen LogP contribution in [0.1, 0.15) is 5.56 Å². The van der Waals surface area contributed by atoms with Gasteiger partial charge in [0.1, 0.15) is 6.61 Å². The second-order valence-electron chi connectivity index (χ2n) is 3.36. The average Bonchev–Trinajstić information content (AvgIpc) is 2.26. The van der Waals surface area contributed by atoms with E-state index in [-0.39, 0.29) is 28.6 Å². The fraction of sp³-hybridized carbons (Fsp3) is 0.100. The Balaban J connectivity index is 2.60. The molecule has 1 N–H and O–H groups in total. The van der Waals surface area contributed by atoms with Crippen LogP contribution in [-0.4, -0.2) is 22.6 Å². The summed E-state index contributed by atoms with van der Waals surface area (Å²) in [6.45, 7) is -0.204. The molecule has 1 aliphatic rings. The second-order valence-corrected chi connectivity index (χ2v) is 3.80. The number of nitrogens with zero attached hydrogens (tertiary/aromatic N) is 1. The molecule has 0 bridgehead atoms. The van der Waals surface area contributed by atoms with Crippen molar-refractivity contribution in [2.75, 3.05) is 6.61 Å². The third-order valence-corrected chi connectivity index (χ3v) is 2.45. The van der Waals surface area contributed by atoms with E-state index < -0.39 is 10.9 Å². The monoisotopic (exact) mass is 255 g/mol. The lowest BCUT2D eigenvalue weighted by Crippen LogP contribution is -2.15. The largest absolute Gasteiger partial charge is 0.481 e. The van der Waals surface area contributed by atoms with Gasteiger partial charge in [-0.1, -0.05) is 11.6 Å². The minimum Gasteiger partial charge on any atom is -0.481 e. The molecule has 0 unspecified atom stereocenters. The molecule has 0 spiro atoms. The molecule has 0 fully saturated rings. The molecule has 0 saturated carbocycles. The molecule has 0 aliphatic carbocycles. The van der Waals surface area contributed by atoms with Crippen molar-refractivity contribution in [3.63, 3.8) is 0 Å². The Bertz CT molecular complexity index is 552. The number of hydrogen-bond donors (Lipinski definition) is 1. The van der Waals surface area contributed by atoms with Gasteiger partial charge in [0.05, 0.1) is 10.5 Å². The van der Waals surface area contributed by atoms with Crippen LogP contribution < -0.4 is 4.74 Å². The Morgan fingerprint density at radius 2 is 2.24 bits per heavy atom. The van der Waals surface area contributed by atoms with E-state index >= 15 is 0 Å². The van der Waals surface area contributed by atoms with Gasteiger partial charge >= 0.3 is 11.7 Å². The lowest BCUT2D eigenvalue weighted by molar-refractivity contribution is -0.385. The maximum absolute atomic E-state index is 10.8. The van der Waals surface area contributed by atoms with Crippen LogP contribution in [-0.2, 0) is 4.79 Å². The van der Waals surface area contributed by atoms with Crippen LogP contribution in [0.2, 0.25) is 5.02 Å². The van der Waals surface area contributed by atoms with E-state index in [1.165, 1.54) is 18.2 Å². The van der Waals surface area contributed by atoms with E-state index in [4.69, 9.17) is 21.4 Å². The fourth-order valence-electron chi connectivity index (χ4n) is 1.50. The zero-order valence-corrected chi connectivity index (χ0v) is 9.10. The molecule has 0 amide bonds. The van der Waals surface area contributed by atoms with Crippen molar-refractivity contribution in [1.82, 2.24) is 0 Å². The third-order valence-electron chi connectivity index (χ3n) is 2.24. The van der Waals surface area contributed by atoms with E-state index in [1.54, 1.807) is 0 Å². The van der Waals surface area contributed by atoms with E-state index in [0.717, 1.165) is 0 Å². The second kappa shape index (κ2) is 4.06. The molecule has 0 atom stereocenters. The topological polar surface area (TPSA) is 89.7 Å². The highest BCUT2D eigenvalue weighted by Gasteiger charge is 2.25. The van der Waals surface area contributed by atoms with Gasteiger partial charge in [0.25, 0.3) is 0 Å². The van der Waals surface area contributed by atoms with Crippen LogP contribution >= 0.6 is 11.6 Å². The Labute approximate surface area is 100 Å². The number of ether oxygens (including phenoxy) is 1. The first-order chi connectivity index (χ1) is 7.99. The minimum absolute atomic E-state index is 0.0223. The number of fused-ring (bicyclic) bond motifs is 1. The van der Waals surface area contributed by atoms with Crippen molar-refractivity contribution in [2.45, 2.75) is 0 Å². The molecule has 2 rings (SSSR count). The highest BCUT2D eigenvalue weighted by atomic mass is 35.5. The van der Waals surface area contributed by atoms with Gasteiger partial charge in [-0.2, -0.15) is 0 Å². The number of aliphatic carboxylic acids is 1. The first-order valence-corrected chi connectivity index (χ1v) is 4.91. The lowest BCUT2D eigenvalue weighted by Gasteiger charge is -2.15. The third kappa shape index (κ3) is 2.07. The normalized spacial score (nSPS) is 13.4. The smallest absolute Gasteiger partial charge is 0.335 e. The van der Waals surface area contributed by atoms with Gasteiger partial charge in [0.2, 0.25) is 5.75 Å². The molecule has 88 valence electrons. The van der Waals surface area contributed by atoms with Gasteiger partial charge in [-0.05, 0) is 12.1 Å². The van der Waals surface area contributed by atoms with Crippen LogP contribution in [0.25, 0.3) is 6.08 Å². The molecule has 0 radical (unpaired) electrons. The Morgan fingerprint density at radius 3 is 2.82 bits per heavy atom. The van der Waals surface area contributed by atoms with Crippen LogP contribution in [0.4, 0.5) is 5.69 Å². The highest BCUT2D eigenvalue weighted by molar-refractivity contribution is 6.31. The SMILES string of the molecule is O=C(O)C1=Cc2cc(Cl)cc([N+](=O)[O-])c2OC1. The number of carboxylic acids is 1. The number of benzene rings is 1. The van der Waals surface area contributed by atoms with Gasteiger partial charge in [-0.15, -0.1) is 0 Å². The Hall–Kier alpha value is -2.08. The van der Waals surface area contributed by atoms with Gasteiger partial charge in [-0.25, -0.2) is 4.79 Å². The lowest BCUT2D eigenvalue weighted by atomic mass is 10.1.